The number of aliphatic hydroxyl groups is 1. The first-order chi connectivity index (χ1) is 14.6. The summed E-state index contributed by atoms with van der Waals surface area (Å²) in [6.45, 7) is 16.0. The molecule has 0 saturated carbocycles. The van der Waals surface area contributed by atoms with E-state index in [0.717, 1.165) is 11.1 Å². The van der Waals surface area contributed by atoms with Crippen molar-refractivity contribution in [3.8, 4) is 24.5 Å². The number of hydrogen-bond acceptors (Lipinski definition) is 3. The van der Waals surface area contributed by atoms with Crippen molar-refractivity contribution in [1.29, 1.82) is 10.5 Å². The number of terminal acetylenes is 1. The molecule has 0 unspecified atom stereocenters. The molecular weight excluding hydrogens is 392 g/mol. The maximum atomic E-state index is 8.47. The van der Waals surface area contributed by atoms with Crippen LogP contribution in [-0.2, 0) is 10.8 Å². The summed E-state index contributed by atoms with van der Waals surface area (Å²) in [5.74, 6) is 2.61. The van der Waals surface area contributed by atoms with Gasteiger partial charge in [0.1, 0.15) is 5.60 Å². The monoisotopic (exact) mass is 428 g/mol. The minimum absolute atomic E-state index is 0.192. The zero-order valence-corrected chi connectivity index (χ0v) is 20.7. The molecule has 0 aliphatic carbocycles. The molecule has 0 aliphatic heterocycles. The van der Waals surface area contributed by atoms with E-state index >= 15 is 0 Å². The molecule has 0 fully saturated rings. The molecular formula is C29H36N2O. The van der Waals surface area contributed by atoms with Crippen molar-refractivity contribution in [3.63, 3.8) is 0 Å². The van der Waals surface area contributed by atoms with Gasteiger partial charge in [0.2, 0.25) is 0 Å². The molecule has 0 amide bonds. The van der Waals surface area contributed by atoms with Gasteiger partial charge in [0.25, 0.3) is 0 Å². The van der Waals surface area contributed by atoms with Crippen LogP contribution in [0.25, 0.3) is 6.08 Å². The smallest absolute Gasteiger partial charge is 0.145 e. The maximum Gasteiger partial charge on any atom is 0.145 e. The number of allylic oxidation sites excluding steroid dienone is 1. The molecule has 0 aliphatic rings. The summed E-state index contributed by atoms with van der Waals surface area (Å²) >= 11 is 0. The van der Waals surface area contributed by atoms with E-state index in [9.17, 15) is 0 Å². The third-order valence-corrected chi connectivity index (χ3v) is 4.32. The Morgan fingerprint density at radius 1 is 0.750 bits per heavy atom. The van der Waals surface area contributed by atoms with E-state index in [-0.39, 0.29) is 10.8 Å². The summed E-state index contributed by atoms with van der Waals surface area (Å²) in [5.41, 5.74) is 3.90. The van der Waals surface area contributed by atoms with Gasteiger partial charge in [-0.25, -0.2) is 0 Å². The molecule has 168 valence electrons. The molecule has 0 atom stereocenters. The summed E-state index contributed by atoms with van der Waals surface area (Å²) in [6.07, 6.45) is 8.56. The number of benzene rings is 2. The topological polar surface area (TPSA) is 67.8 Å². The molecule has 3 nitrogen and oxygen atoms in total. The van der Waals surface area contributed by atoms with Crippen LogP contribution in [0, 0.1) is 35.0 Å². The van der Waals surface area contributed by atoms with E-state index in [2.05, 4.69) is 71.7 Å². The molecule has 0 heterocycles. The van der Waals surface area contributed by atoms with Gasteiger partial charge in [-0.05, 0) is 59.6 Å². The fourth-order valence-electron chi connectivity index (χ4n) is 2.29. The van der Waals surface area contributed by atoms with Crippen LogP contribution in [-0.4, -0.2) is 10.7 Å². The van der Waals surface area contributed by atoms with Crippen molar-refractivity contribution in [2.45, 2.75) is 71.8 Å². The van der Waals surface area contributed by atoms with Crippen LogP contribution in [0.3, 0.4) is 0 Å². The van der Waals surface area contributed by atoms with Gasteiger partial charge in [0, 0.05) is 11.6 Å². The van der Waals surface area contributed by atoms with Crippen LogP contribution in [0.4, 0.5) is 0 Å². The largest absolute Gasteiger partial charge is 0.376 e. The zero-order chi connectivity index (χ0) is 25.0. The van der Waals surface area contributed by atoms with Crippen LogP contribution in [0.1, 0.15) is 77.6 Å². The lowest BCUT2D eigenvalue weighted by Crippen LogP contribution is -2.13. The lowest BCUT2D eigenvalue weighted by atomic mass is 9.87. The van der Waals surface area contributed by atoms with Crippen molar-refractivity contribution in [3.05, 3.63) is 76.9 Å². The minimum Gasteiger partial charge on any atom is -0.376 e. The van der Waals surface area contributed by atoms with Crippen LogP contribution in [0.15, 0.2) is 54.6 Å². The lowest BCUT2D eigenvalue weighted by Gasteiger charge is -2.18. The van der Waals surface area contributed by atoms with E-state index in [1.54, 1.807) is 6.07 Å². The highest BCUT2D eigenvalue weighted by Crippen LogP contribution is 2.23. The second kappa shape index (κ2) is 12.5. The zero-order valence-electron chi connectivity index (χ0n) is 20.7. The number of rotatable bonds is 1. The van der Waals surface area contributed by atoms with Crippen molar-refractivity contribution in [2.75, 3.05) is 0 Å². The summed E-state index contributed by atoms with van der Waals surface area (Å²) in [6, 6.07) is 20.1. The average Bonchev–Trinajstić information content (AvgIpc) is 2.72. The highest BCUT2D eigenvalue weighted by molar-refractivity contribution is 5.52. The maximum absolute atomic E-state index is 8.47. The van der Waals surface area contributed by atoms with E-state index in [1.807, 2.05) is 36.4 Å². The second-order valence-corrected chi connectivity index (χ2v) is 9.98. The first-order valence-corrected chi connectivity index (χ1v) is 10.5. The summed E-state index contributed by atoms with van der Waals surface area (Å²) in [5, 5.41) is 24.7. The molecule has 2 rings (SSSR count). The molecule has 0 bridgehead atoms. The molecule has 3 heteroatoms. The quantitative estimate of drug-likeness (QED) is 0.310. The number of nitrogens with zero attached hydrogens (tertiary/aromatic N) is 2. The Labute approximate surface area is 195 Å². The van der Waals surface area contributed by atoms with Gasteiger partial charge in [0.15, 0.2) is 0 Å². The minimum atomic E-state index is -1.15. The van der Waals surface area contributed by atoms with Gasteiger partial charge < -0.3 is 5.11 Å². The molecule has 0 radical (unpaired) electrons. The van der Waals surface area contributed by atoms with Crippen LogP contribution in [0.2, 0.25) is 0 Å². The molecule has 0 spiro atoms. The molecule has 2 aromatic carbocycles. The van der Waals surface area contributed by atoms with E-state index in [1.165, 1.54) is 31.1 Å². The average molecular weight is 429 g/mol. The number of hydrogen-bond donors (Lipinski definition) is 1. The standard InChI is InChI=1S/C13H15N.C12H14.C4H7NO/c1-13(2,3)12-8-6-11(7-9-12)5-4-10-14;1-5-10-6-8-11(9-7-10)12(2,3)4;1-4(2,6)3-5/h4-9H,1-3H3;1,6-9H,2-4H3;6H,1-2H3/b5-4+;;. The highest BCUT2D eigenvalue weighted by atomic mass is 16.3. The van der Waals surface area contributed by atoms with Crippen molar-refractivity contribution in [1.82, 2.24) is 0 Å². The van der Waals surface area contributed by atoms with E-state index < -0.39 is 5.60 Å². The van der Waals surface area contributed by atoms with Crippen LogP contribution < -0.4 is 0 Å². The molecule has 0 aromatic heterocycles. The predicted octanol–water partition coefficient (Wildman–Crippen LogP) is 6.77. The lowest BCUT2D eigenvalue weighted by molar-refractivity contribution is 0.141. The van der Waals surface area contributed by atoms with Crippen molar-refractivity contribution >= 4 is 6.08 Å². The highest BCUT2D eigenvalue weighted by Gasteiger charge is 2.13. The van der Waals surface area contributed by atoms with Gasteiger partial charge in [-0.1, -0.05) is 83.9 Å². The van der Waals surface area contributed by atoms with E-state index in [0.29, 0.717) is 0 Å². The fraction of sp³-hybridized carbons (Fsp3) is 0.379. The Morgan fingerprint density at radius 3 is 1.41 bits per heavy atom. The second-order valence-electron chi connectivity index (χ2n) is 9.98. The van der Waals surface area contributed by atoms with Gasteiger partial charge in [-0.2, -0.15) is 10.5 Å². The predicted molar refractivity (Wildman–Crippen MR) is 135 cm³/mol. The normalized spacial score (nSPS) is 11.1. The molecule has 1 N–H and O–H groups in total. The van der Waals surface area contributed by atoms with Gasteiger partial charge in [0.05, 0.1) is 12.1 Å². The summed E-state index contributed by atoms with van der Waals surface area (Å²) < 4.78 is 0. The van der Waals surface area contributed by atoms with Crippen molar-refractivity contribution < 1.29 is 5.11 Å². The Balaban J connectivity index is 0.000000487. The Kier molecular flexibility index (Phi) is 11.2. The van der Waals surface area contributed by atoms with Crippen LogP contribution in [0.5, 0.6) is 0 Å². The van der Waals surface area contributed by atoms with Crippen molar-refractivity contribution in [2.24, 2.45) is 0 Å². The Bertz CT molecular complexity index is 971. The number of nitriles is 2. The third-order valence-electron chi connectivity index (χ3n) is 4.32. The first kappa shape index (κ1) is 28.7. The van der Waals surface area contributed by atoms with Gasteiger partial charge >= 0.3 is 0 Å². The van der Waals surface area contributed by atoms with Crippen LogP contribution >= 0.6 is 0 Å². The summed E-state index contributed by atoms with van der Waals surface area (Å²) in [4.78, 5) is 0. The van der Waals surface area contributed by atoms with Gasteiger partial charge in [-0.3, -0.25) is 0 Å². The van der Waals surface area contributed by atoms with E-state index in [4.69, 9.17) is 22.1 Å². The van der Waals surface area contributed by atoms with Gasteiger partial charge in [-0.15, -0.1) is 6.42 Å². The summed E-state index contributed by atoms with van der Waals surface area (Å²) in [7, 11) is 0. The molecule has 2 aromatic rings. The Hall–Kier alpha value is -3.32. The fourth-order valence-corrected chi connectivity index (χ4v) is 2.29. The molecule has 32 heavy (non-hydrogen) atoms. The third kappa shape index (κ3) is 12.4. The Morgan fingerprint density at radius 2 is 1.12 bits per heavy atom. The SMILES string of the molecule is C#Cc1ccc(C(C)(C)C)cc1.CC(C)(C)c1ccc(/C=C/C#N)cc1.CC(C)(O)C#N. The molecule has 0 saturated heterocycles. The first-order valence-electron chi connectivity index (χ1n) is 10.5.